The smallest absolute Gasteiger partial charge is 0.0538 e. The Kier molecular flexibility index (Phi) is 4.42. The normalized spacial score (nSPS) is 16.8. The Balaban J connectivity index is 1.80. The van der Waals surface area contributed by atoms with Crippen molar-refractivity contribution in [3.05, 3.63) is 40.3 Å². The minimum absolute atomic E-state index is 0.270. The van der Waals surface area contributed by atoms with E-state index in [0.717, 1.165) is 6.54 Å². The molecule has 1 fully saturated rings. The van der Waals surface area contributed by atoms with Crippen LogP contribution in [0.4, 0.5) is 0 Å². The van der Waals surface area contributed by atoms with E-state index in [0.29, 0.717) is 18.6 Å². The lowest BCUT2D eigenvalue weighted by molar-refractivity contribution is 0.183. The highest BCUT2D eigenvalue weighted by molar-refractivity contribution is 7.09. The number of aromatic nitrogens is 2. The van der Waals surface area contributed by atoms with Crippen LogP contribution in [0.3, 0.4) is 0 Å². The summed E-state index contributed by atoms with van der Waals surface area (Å²) in [6, 6.07) is 5.68. The number of rotatable bonds is 7. The van der Waals surface area contributed by atoms with Crippen molar-refractivity contribution in [2.75, 3.05) is 6.54 Å². The summed E-state index contributed by atoms with van der Waals surface area (Å²) in [4.78, 5) is 3.98. The maximum absolute atomic E-state index is 6.11. The minimum atomic E-state index is 0.270. The number of hydrogen-bond donors (Lipinski definition) is 1. The largest absolute Gasteiger partial charge is 0.329 e. The van der Waals surface area contributed by atoms with E-state index in [2.05, 4.69) is 47.6 Å². The highest BCUT2D eigenvalue weighted by atomic mass is 32.1. The molecule has 3 rings (SSSR count). The number of nitrogens with zero attached hydrogens (tertiary/aromatic N) is 3. The van der Waals surface area contributed by atoms with E-state index in [9.17, 15) is 0 Å². The summed E-state index contributed by atoms with van der Waals surface area (Å²) in [5.74, 6) is 0. The fourth-order valence-corrected chi connectivity index (χ4v) is 3.47. The van der Waals surface area contributed by atoms with Gasteiger partial charge in [-0.3, -0.25) is 9.58 Å². The second-order valence-corrected chi connectivity index (χ2v) is 7.11. The predicted molar refractivity (Wildman–Crippen MR) is 87.3 cm³/mol. The summed E-state index contributed by atoms with van der Waals surface area (Å²) < 4.78 is 2.02. The molecule has 2 N–H and O–H groups in total. The van der Waals surface area contributed by atoms with Crippen molar-refractivity contribution in [3.63, 3.8) is 0 Å². The van der Waals surface area contributed by atoms with Gasteiger partial charge in [0.2, 0.25) is 0 Å². The van der Waals surface area contributed by atoms with E-state index in [1.807, 2.05) is 22.2 Å². The second-order valence-electron chi connectivity index (χ2n) is 6.08. The average Bonchev–Trinajstić information content (AvgIpc) is 2.98. The molecule has 0 bridgehead atoms. The summed E-state index contributed by atoms with van der Waals surface area (Å²) in [7, 11) is 0. The van der Waals surface area contributed by atoms with Gasteiger partial charge in [-0.25, -0.2) is 0 Å². The van der Waals surface area contributed by atoms with E-state index in [1.165, 1.54) is 23.3 Å². The van der Waals surface area contributed by atoms with Gasteiger partial charge >= 0.3 is 0 Å². The first kappa shape index (κ1) is 14.8. The molecule has 0 radical (unpaired) electrons. The molecule has 1 aliphatic rings. The maximum Gasteiger partial charge on any atom is 0.0538 e. The van der Waals surface area contributed by atoms with Gasteiger partial charge in [-0.15, -0.1) is 11.3 Å². The molecule has 2 aromatic rings. The van der Waals surface area contributed by atoms with E-state index >= 15 is 0 Å². The topological polar surface area (TPSA) is 47.1 Å². The third-order valence-electron chi connectivity index (χ3n) is 4.09. The highest BCUT2D eigenvalue weighted by Crippen LogP contribution is 2.36. The van der Waals surface area contributed by atoms with Crippen LogP contribution in [0.1, 0.15) is 49.2 Å². The Labute approximate surface area is 130 Å². The molecule has 1 unspecified atom stereocenters. The molecule has 1 atom stereocenters. The highest BCUT2D eigenvalue weighted by Gasteiger charge is 2.34. The second kappa shape index (κ2) is 6.30. The first-order valence-electron chi connectivity index (χ1n) is 7.71. The Bertz CT molecular complexity index is 557. The van der Waals surface area contributed by atoms with Crippen LogP contribution in [0.25, 0.3) is 0 Å². The zero-order valence-corrected chi connectivity index (χ0v) is 13.6. The zero-order valence-electron chi connectivity index (χ0n) is 12.8. The maximum atomic E-state index is 6.11. The van der Waals surface area contributed by atoms with Gasteiger partial charge in [0, 0.05) is 41.8 Å². The Morgan fingerprint density at radius 2 is 2.29 bits per heavy atom. The van der Waals surface area contributed by atoms with Crippen LogP contribution in [-0.4, -0.2) is 27.3 Å². The van der Waals surface area contributed by atoms with E-state index in [4.69, 9.17) is 5.73 Å². The molecule has 0 amide bonds. The lowest BCUT2D eigenvalue weighted by Gasteiger charge is -2.30. The Hall–Kier alpha value is -1.17. The molecular weight excluding hydrogens is 280 g/mol. The molecule has 1 aliphatic carbocycles. The number of hydrogen-bond acceptors (Lipinski definition) is 4. The van der Waals surface area contributed by atoms with E-state index in [-0.39, 0.29) is 6.04 Å². The molecule has 21 heavy (non-hydrogen) atoms. The lowest BCUT2D eigenvalue weighted by Crippen LogP contribution is -2.34. The molecule has 2 heterocycles. The van der Waals surface area contributed by atoms with Crippen molar-refractivity contribution in [1.29, 1.82) is 0 Å². The fraction of sp³-hybridized carbons (Fsp3) is 0.562. The van der Waals surface area contributed by atoms with E-state index < -0.39 is 0 Å². The third kappa shape index (κ3) is 3.36. The molecule has 5 heteroatoms. The fourth-order valence-electron chi connectivity index (χ4n) is 2.75. The van der Waals surface area contributed by atoms with Crippen molar-refractivity contribution in [2.45, 2.75) is 51.4 Å². The van der Waals surface area contributed by atoms with Crippen LogP contribution in [-0.2, 0) is 6.54 Å². The van der Waals surface area contributed by atoms with Crippen LogP contribution in [0.15, 0.2) is 29.9 Å². The third-order valence-corrected chi connectivity index (χ3v) is 4.95. The van der Waals surface area contributed by atoms with E-state index in [1.54, 1.807) is 0 Å². The molecule has 0 aliphatic heterocycles. The van der Waals surface area contributed by atoms with Crippen LogP contribution in [0.2, 0.25) is 0 Å². The summed E-state index contributed by atoms with van der Waals surface area (Å²) in [5.41, 5.74) is 7.36. The van der Waals surface area contributed by atoms with Gasteiger partial charge in [-0.05, 0) is 38.1 Å². The van der Waals surface area contributed by atoms with Gasteiger partial charge in [-0.2, -0.15) is 5.10 Å². The number of thiophene rings is 1. The molecule has 0 saturated heterocycles. The monoisotopic (exact) mass is 304 g/mol. The van der Waals surface area contributed by atoms with Crippen molar-refractivity contribution in [3.8, 4) is 0 Å². The van der Waals surface area contributed by atoms with Crippen LogP contribution in [0.5, 0.6) is 0 Å². The lowest BCUT2D eigenvalue weighted by atomic mass is 10.1. The summed E-state index contributed by atoms with van der Waals surface area (Å²) in [6.07, 6.45) is 6.73. The standard InChI is InChI=1S/C16H24N4S/c1-12(2)20-10-13(9-18-20)16(8-17)19(14-5-6-14)11-15-4-3-7-21-15/h3-4,7,9-10,12,14,16H,5-6,8,11,17H2,1-2H3. The van der Waals surface area contributed by atoms with Gasteiger partial charge < -0.3 is 5.73 Å². The molecule has 0 spiro atoms. The SMILES string of the molecule is CC(C)n1cc(C(CN)N(Cc2cccs2)C2CC2)cn1. The minimum Gasteiger partial charge on any atom is -0.329 e. The molecule has 4 nitrogen and oxygen atoms in total. The molecule has 2 aromatic heterocycles. The quantitative estimate of drug-likeness (QED) is 0.854. The average molecular weight is 304 g/mol. The Morgan fingerprint density at radius 3 is 2.81 bits per heavy atom. The van der Waals surface area contributed by atoms with Crippen LogP contribution >= 0.6 is 11.3 Å². The first-order valence-corrected chi connectivity index (χ1v) is 8.59. The molecule has 0 aromatic carbocycles. The molecule has 1 saturated carbocycles. The van der Waals surface area contributed by atoms with Crippen molar-refractivity contribution >= 4 is 11.3 Å². The number of nitrogens with two attached hydrogens (primary N) is 1. The summed E-state index contributed by atoms with van der Waals surface area (Å²) >= 11 is 1.83. The van der Waals surface area contributed by atoms with Gasteiger partial charge in [0.1, 0.15) is 0 Å². The molecule has 114 valence electrons. The summed E-state index contributed by atoms with van der Waals surface area (Å²) in [5, 5.41) is 6.63. The van der Waals surface area contributed by atoms with Gasteiger partial charge in [0.25, 0.3) is 0 Å². The van der Waals surface area contributed by atoms with Crippen LogP contribution < -0.4 is 5.73 Å². The van der Waals surface area contributed by atoms with Gasteiger partial charge in [-0.1, -0.05) is 6.07 Å². The summed E-state index contributed by atoms with van der Waals surface area (Å²) in [6.45, 7) is 5.94. The van der Waals surface area contributed by atoms with Crippen molar-refractivity contribution in [1.82, 2.24) is 14.7 Å². The Morgan fingerprint density at radius 1 is 1.48 bits per heavy atom. The van der Waals surface area contributed by atoms with Crippen molar-refractivity contribution < 1.29 is 0 Å². The van der Waals surface area contributed by atoms with Crippen molar-refractivity contribution in [2.24, 2.45) is 5.73 Å². The molecular formula is C16H24N4S. The van der Waals surface area contributed by atoms with Crippen LogP contribution in [0, 0.1) is 0 Å². The predicted octanol–water partition coefficient (Wildman–Crippen LogP) is 3.19. The van der Waals surface area contributed by atoms with Gasteiger partial charge in [0.15, 0.2) is 0 Å². The zero-order chi connectivity index (χ0) is 14.8. The first-order chi connectivity index (χ1) is 10.2. The van der Waals surface area contributed by atoms with Gasteiger partial charge in [0.05, 0.1) is 12.2 Å².